The Morgan fingerprint density at radius 2 is 2.24 bits per heavy atom. The van der Waals surface area contributed by atoms with Crippen LogP contribution in [0.15, 0.2) is 18.2 Å². The number of anilines is 1. The monoisotopic (exact) mass is 405 g/mol. The molecule has 1 atom stereocenters. The van der Waals surface area contributed by atoms with Gasteiger partial charge in [-0.3, -0.25) is 10.1 Å². The van der Waals surface area contributed by atoms with Gasteiger partial charge in [-0.1, -0.05) is 12.1 Å². The molecule has 3 rings (SSSR count). The van der Waals surface area contributed by atoms with Crippen LogP contribution < -0.4 is 10.1 Å². The molecule has 1 saturated heterocycles. The fraction of sp³-hybridized carbons (Fsp3) is 0.474. The molecule has 1 aliphatic rings. The normalized spacial score (nSPS) is 17.2. The molecule has 29 heavy (non-hydrogen) atoms. The van der Waals surface area contributed by atoms with Crippen molar-refractivity contribution in [3.8, 4) is 6.01 Å². The lowest BCUT2D eigenvalue weighted by Crippen LogP contribution is -2.35. The van der Waals surface area contributed by atoms with E-state index in [-0.39, 0.29) is 35.9 Å². The summed E-state index contributed by atoms with van der Waals surface area (Å²) in [7, 11) is 2.00. The summed E-state index contributed by atoms with van der Waals surface area (Å²) in [5, 5.41) is 14.2. The van der Waals surface area contributed by atoms with E-state index in [1.807, 2.05) is 13.1 Å². The molecule has 1 unspecified atom stereocenters. The Morgan fingerprint density at radius 3 is 2.90 bits per heavy atom. The molecular formula is C19H24FN5O4. The third-order valence-electron chi connectivity index (χ3n) is 4.66. The maximum absolute atomic E-state index is 14.6. The fourth-order valence-corrected chi connectivity index (χ4v) is 3.14. The zero-order valence-electron chi connectivity index (χ0n) is 16.6. The van der Waals surface area contributed by atoms with Crippen LogP contribution in [0.1, 0.15) is 29.8 Å². The van der Waals surface area contributed by atoms with Crippen LogP contribution in [0.4, 0.5) is 15.9 Å². The first-order chi connectivity index (χ1) is 13.9. The molecule has 0 saturated carbocycles. The average molecular weight is 405 g/mol. The number of nitrogens with one attached hydrogen (secondary N) is 1. The Hall–Kier alpha value is -2.85. The summed E-state index contributed by atoms with van der Waals surface area (Å²) in [5.41, 5.74) is 1.04. The zero-order valence-corrected chi connectivity index (χ0v) is 16.6. The van der Waals surface area contributed by atoms with E-state index >= 15 is 0 Å². The van der Waals surface area contributed by atoms with Crippen molar-refractivity contribution in [2.45, 2.75) is 26.5 Å². The van der Waals surface area contributed by atoms with Gasteiger partial charge in [-0.2, -0.15) is 9.97 Å². The standard InChI is InChI=1S/C19H24FN5O4/c1-4-28-19-22-12(2)17(25(26)27)18(23-19)21-10-14-6-5-13(9-15(14)20)16-11-24(3)7-8-29-16/h5-6,9,16H,4,7-8,10-11H2,1-3H3,(H,21,22,23). The van der Waals surface area contributed by atoms with Crippen LogP contribution in [0, 0.1) is 22.9 Å². The van der Waals surface area contributed by atoms with Crippen molar-refractivity contribution < 1.29 is 18.8 Å². The van der Waals surface area contributed by atoms with E-state index in [1.54, 1.807) is 13.0 Å². The Kier molecular flexibility index (Phi) is 6.55. The lowest BCUT2D eigenvalue weighted by atomic mass is 10.0. The van der Waals surface area contributed by atoms with Crippen LogP contribution in [0.2, 0.25) is 0 Å². The minimum absolute atomic E-state index is 0.00772. The van der Waals surface area contributed by atoms with Gasteiger partial charge in [-0.25, -0.2) is 4.39 Å². The van der Waals surface area contributed by atoms with Crippen molar-refractivity contribution in [1.82, 2.24) is 14.9 Å². The summed E-state index contributed by atoms with van der Waals surface area (Å²) in [6, 6.07) is 4.95. The van der Waals surface area contributed by atoms with E-state index < -0.39 is 10.7 Å². The highest BCUT2D eigenvalue weighted by Crippen LogP contribution is 2.28. The molecule has 10 heteroatoms. The average Bonchev–Trinajstić information content (AvgIpc) is 2.66. The first-order valence-corrected chi connectivity index (χ1v) is 9.37. The third kappa shape index (κ3) is 4.96. The number of ether oxygens (including phenoxy) is 2. The van der Waals surface area contributed by atoms with Crippen LogP contribution in [-0.4, -0.2) is 53.1 Å². The Balaban J connectivity index is 1.78. The van der Waals surface area contributed by atoms with Crippen molar-refractivity contribution in [2.75, 3.05) is 38.7 Å². The van der Waals surface area contributed by atoms with E-state index in [0.717, 1.165) is 12.1 Å². The van der Waals surface area contributed by atoms with Crippen molar-refractivity contribution >= 4 is 11.5 Å². The number of morpholine rings is 1. The van der Waals surface area contributed by atoms with Gasteiger partial charge in [0.05, 0.1) is 24.2 Å². The number of nitrogens with zero attached hydrogens (tertiary/aromatic N) is 4. The first kappa shape index (κ1) is 20.9. The second kappa shape index (κ2) is 9.10. The van der Waals surface area contributed by atoms with Gasteiger partial charge >= 0.3 is 11.7 Å². The van der Waals surface area contributed by atoms with Crippen molar-refractivity contribution in [3.05, 3.63) is 51.0 Å². The number of aromatic nitrogens is 2. The molecule has 1 aliphatic heterocycles. The summed E-state index contributed by atoms with van der Waals surface area (Å²) < 4.78 is 25.6. The highest BCUT2D eigenvalue weighted by molar-refractivity contribution is 5.59. The van der Waals surface area contributed by atoms with Gasteiger partial charge in [0, 0.05) is 25.2 Å². The van der Waals surface area contributed by atoms with E-state index in [4.69, 9.17) is 9.47 Å². The highest BCUT2D eigenvalue weighted by Gasteiger charge is 2.24. The maximum atomic E-state index is 14.6. The number of likely N-dealkylation sites (N-methyl/N-ethyl adjacent to an activating group) is 1. The largest absolute Gasteiger partial charge is 0.464 e. The van der Waals surface area contributed by atoms with E-state index in [0.29, 0.717) is 25.3 Å². The van der Waals surface area contributed by atoms with Crippen LogP contribution in [0.25, 0.3) is 0 Å². The summed E-state index contributed by atoms with van der Waals surface area (Å²) in [4.78, 5) is 21.0. The molecule has 9 nitrogen and oxygen atoms in total. The Morgan fingerprint density at radius 1 is 1.45 bits per heavy atom. The molecular weight excluding hydrogens is 381 g/mol. The quantitative estimate of drug-likeness (QED) is 0.554. The molecule has 1 N–H and O–H groups in total. The zero-order chi connectivity index (χ0) is 21.0. The van der Waals surface area contributed by atoms with Gasteiger partial charge in [0.2, 0.25) is 5.82 Å². The smallest absolute Gasteiger partial charge is 0.332 e. The van der Waals surface area contributed by atoms with Crippen LogP contribution in [0.3, 0.4) is 0 Å². The minimum Gasteiger partial charge on any atom is -0.464 e. The number of hydrogen-bond acceptors (Lipinski definition) is 8. The molecule has 156 valence electrons. The molecule has 0 aliphatic carbocycles. The van der Waals surface area contributed by atoms with Gasteiger partial charge in [-0.15, -0.1) is 0 Å². The molecule has 2 aromatic rings. The second-order valence-corrected chi connectivity index (χ2v) is 6.81. The molecule has 0 radical (unpaired) electrons. The lowest BCUT2D eigenvalue weighted by molar-refractivity contribution is -0.385. The van der Waals surface area contributed by atoms with E-state index in [1.165, 1.54) is 13.0 Å². The van der Waals surface area contributed by atoms with Crippen molar-refractivity contribution in [3.63, 3.8) is 0 Å². The molecule has 1 aromatic heterocycles. The van der Waals surface area contributed by atoms with Gasteiger partial charge in [-0.05, 0) is 32.5 Å². The number of aryl methyl sites for hydroxylation is 1. The van der Waals surface area contributed by atoms with Gasteiger partial charge in [0.15, 0.2) is 0 Å². The summed E-state index contributed by atoms with van der Waals surface area (Å²) in [6.07, 6.45) is -0.176. The van der Waals surface area contributed by atoms with Crippen LogP contribution >= 0.6 is 0 Å². The van der Waals surface area contributed by atoms with Gasteiger partial charge in [0.25, 0.3) is 0 Å². The van der Waals surface area contributed by atoms with Crippen LogP contribution in [-0.2, 0) is 11.3 Å². The summed E-state index contributed by atoms with van der Waals surface area (Å²) >= 11 is 0. The number of rotatable bonds is 7. The number of hydrogen-bond donors (Lipinski definition) is 1. The number of nitro groups is 1. The minimum atomic E-state index is -0.566. The van der Waals surface area contributed by atoms with Gasteiger partial charge < -0.3 is 19.7 Å². The van der Waals surface area contributed by atoms with E-state index in [2.05, 4.69) is 20.2 Å². The molecule has 0 bridgehead atoms. The SMILES string of the molecule is CCOc1nc(C)c([N+](=O)[O-])c(NCc2ccc(C3CN(C)CCO3)cc2F)n1. The second-order valence-electron chi connectivity index (χ2n) is 6.81. The Labute approximate surface area is 168 Å². The van der Waals surface area contributed by atoms with Crippen molar-refractivity contribution in [1.29, 1.82) is 0 Å². The van der Waals surface area contributed by atoms with Gasteiger partial charge in [0.1, 0.15) is 11.5 Å². The first-order valence-electron chi connectivity index (χ1n) is 9.37. The van der Waals surface area contributed by atoms with Crippen LogP contribution in [0.5, 0.6) is 6.01 Å². The van der Waals surface area contributed by atoms with Crippen molar-refractivity contribution in [2.24, 2.45) is 0 Å². The lowest BCUT2D eigenvalue weighted by Gasteiger charge is -2.30. The summed E-state index contributed by atoms with van der Waals surface area (Å²) in [5.74, 6) is -0.419. The topological polar surface area (TPSA) is 103 Å². The highest BCUT2D eigenvalue weighted by atomic mass is 19.1. The predicted molar refractivity (Wildman–Crippen MR) is 105 cm³/mol. The number of benzene rings is 1. The third-order valence-corrected chi connectivity index (χ3v) is 4.66. The molecule has 2 heterocycles. The molecule has 0 spiro atoms. The summed E-state index contributed by atoms with van der Waals surface area (Å²) in [6.45, 7) is 5.77. The van der Waals surface area contributed by atoms with E-state index in [9.17, 15) is 14.5 Å². The predicted octanol–water partition coefficient (Wildman–Crippen LogP) is 2.85. The molecule has 1 fully saturated rings. The fourth-order valence-electron chi connectivity index (χ4n) is 3.14. The number of halogens is 1. The maximum Gasteiger partial charge on any atom is 0.332 e. The Bertz CT molecular complexity index is 895. The molecule has 0 amide bonds. The molecule has 1 aromatic carbocycles.